The van der Waals surface area contributed by atoms with Crippen LogP contribution in [0.3, 0.4) is 0 Å². The molecule has 0 radical (unpaired) electrons. The molecule has 29 heavy (non-hydrogen) atoms. The molecule has 2 heterocycles. The Labute approximate surface area is 168 Å². The first-order valence-electron chi connectivity index (χ1n) is 9.06. The van der Waals surface area contributed by atoms with Crippen molar-refractivity contribution in [1.29, 1.82) is 0 Å². The molecule has 0 atom stereocenters. The number of hydrogen-bond acceptors (Lipinski definition) is 6. The Hall–Kier alpha value is -3.55. The van der Waals surface area contributed by atoms with E-state index in [0.717, 1.165) is 5.56 Å². The Bertz CT molecular complexity index is 1080. The molecule has 3 rings (SSSR count). The molecular weight excluding hydrogens is 371 g/mol. The van der Waals surface area contributed by atoms with Crippen LogP contribution in [-0.4, -0.2) is 26.0 Å². The fourth-order valence-corrected chi connectivity index (χ4v) is 2.92. The van der Waals surface area contributed by atoms with Crippen molar-refractivity contribution in [2.75, 3.05) is 5.73 Å². The van der Waals surface area contributed by atoms with Gasteiger partial charge in [0.2, 0.25) is 0 Å². The highest BCUT2D eigenvalue weighted by molar-refractivity contribution is 5.80. The van der Waals surface area contributed by atoms with E-state index >= 15 is 0 Å². The summed E-state index contributed by atoms with van der Waals surface area (Å²) in [6, 6.07) is 8.04. The molecule has 0 unspecified atom stereocenters. The zero-order valence-electron chi connectivity index (χ0n) is 16.6. The third-order valence-corrected chi connectivity index (χ3v) is 4.46. The van der Waals surface area contributed by atoms with Crippen LogP contribution in [0.25, 0.3) is 17.2 Å². The van der Waals surface area contributed by atoms with E-state index in [1.165, 1.54) is 16.8 Å². The summed E-state index contributed by atoms with van der Waals surface area (Å²) in [4.78, 5) is 19.6. The van der Waals surface area contributed by atoms with Gasteiger partial charge in [0, 0.05) is 23.4 Å². The standard InChI is InChI=1S/C21H23FN6O/c1-21(2,3)14-11-25-20(26-19(14)24)17-10-18(16(23)8-9-29)28(27-17)12-13-6-4-5-7-15(13)22/h4-11H,12,23H2,1-3H3,(H2,24,25,26). The lowest BCUT2D eigenvalue weighted by atomic mass is 9.88. The third-order valence-electron chi connectivity index (χ3n) is 4.46. The van der Waals surface area contributed by atoms with E-state index in [9.17, 15) is 9.18 Å². The number of halogens is 1. The van der Waals surface area contributed by atoms with Crippen molar-refractivity contribution >= 4 is 17.8 Å². The van der Waals surface area contributed by atoms with Gasteiger partial charge in [-0.3, -0.25) is 9.48 Å². The molecule has 150 valence electrons. The summed E-state index contributed by atoms with van der Waals surface area (Å²) in [7, 11) is 0. The van der Waals surface area contributed by atoms with Crippen LogP contribution in [0.15, 0.2) is 42.6 Å². The zero-order chi connectivity index (χ0) is 21.2. The SMILES string of the molecule is CC(C)(C)c1cnc(-c2cc(C(N)=CC=O)n(Cc3ccccc3F)n2)nc1N. The van der Waals surface area contributed by atoms with E-state index < -0.39 is 0 Å². The van der Waals surface area contributed by atoms with Gasteiger partial charge >= 0.3 is 0 Å². The number of nitrogens with zero attached hydrogens (tertiary/aromatic N) is 4. The fourth-order valence-electron chi connectivity index (χ4n) is 2.92. The van der Waals surface area contributed by atoms with Gasteiger partial charge in [0.15, 0.2) is 5.82 Å². The average molecular weight is 394 g/mol. The van der Waals surface area contributed by atoms with E-state index in [0.29, 0.717) is 34.9 Å². The smallest absolute Gasteiger partial charge is 0.182 e. The summed E-state index contributed by atoms with van der Waals surface area (Å²) < 4.78 is 15.6. The highest BCUT2D eigenvalue weighted by Crippen LogP contribution is 2.28. The van der Waals surface area contributed by atoms with E-state index in [1.54, 1.807) is 30.5 Å². The van der Waals surface area contributed by atoms with Crippen molar-refractivity contribution in [1.82, 2.24) is 19.7 Å². The first kappa shape index (κ1) is 20.2. The van der Waals surface area contributed by atoms with Crippen LogP contribution in [0.1, 0.15) is 37.6 Å². The summed E-state index contributed by atoms with van der Waals surface area (Å²) in [5, 5.41) is 4.49. The summed E-state index contributed by atoms with van der Waals surface area (Å²) in [6.45, 7) is 6.20. The van der Waals surface area contributed by atoms with Gasteiger partial charge in [-0.25, -0.2) is 14.4 Å². The number of benzene rings is 1. The third kappa shape index (κ3) is 4.31. The Kier molecular flexibility index (Phi) is 5.45. The van der Waals surface area contributed by atoms with Crippen molar-refractivity contribution < 1.29 is 9.18 Å². The van der Waals surface area contributed by atoms with Crippen LogP contribution >= 0.6 is 0 Å². The minimum Gasteiger partial charge on any atom is -0.397 e. The number of allylic oxidation sites excluding steroid dienone is 1. The zero-order valence-corrected chi connectivity index (χ0v) is 16.6. The Balaban J connectivity index is 2.07. The summed E-state index contributed by atoms with van der Waals surface area (Å²) in [6.07, 6.45) is 3.48. The second-order valence-corrected chi connectivity index (χ2v) is 7.66. The minimum absolute atomic E-state index is 0.130. The molecule has 0 aliphatic heterocycles. The maximum absolute atomic E-state index is 14.1. The Morgan fingerprint density at radius 2 is 2.00 bits per heavy atom. The number of nitrogen functional groups attached to an aromatic ring is 1. The van der Waals surface area contributed by atoms with Crippen molar-refractivity contribution in [2.24, 2.45) is 5.73 Å². The van der Waals surface area contributed by atoms with Crippen LogP contribution in [0.4, 0.5) is 10.2 Å². The second kappa shape index (κ2) is 7.83. The molecule has 0 aliphatic carbocycles. The number of hydrogen-bond donors (Lipinski definition) is 2. The molecule has 0 fully saturated rings. The molecule has 3 aromatic rings. The van der Waals surface area contributed by atoms with Crippen LogP contribution in [0.2, 0.25) is 0 Å². The first-order valence-corrected chi connectivity index (χ1v) is 9.06. The largest absolute Gasteiger partial charge is 0.397 e. The number of anilines is 1. The molecule has 0 saturated carbocycles. The highest BCUT2D eigenvalue weighted by Gasteiger charge is 2.21. The molecule has 8 heteroatoms. The van der Waals surface area contributed by atoms with E-state index in [4.69, 9.17) is 11.5 Å². The van der Waals surface area contributed by atoms with E-state index in [1.807, 2.05) is 20.8 Å². The van der Waals surface area contributed by atoms with Gasteiger partial charge < -0.3 is 11.5 Å². The Morgan fingerprint density at radius 3 is 2.62 bits per heavy atom. The molecular formula is C21H23FN6O. The molecule has 0 amide bonds. The minimum atomic E-state index is -0.358. The highest BCUT2D eigenvalue weighted by atomic mass is 19.1. The van der Waals surface area contributed by atoms with Gasteiger partial charge in [-0.05, 0) is 17.5 Å². The topological polar surface area (TPSA) is 113 Å². The molecule has 7 nitrogen and oxygen atoms in total. The number of aldehydes is 1. The second-order valence-electron chi connectivity index (χ2n) is 7.66. The van der Waals surface area contributed by atoms with Gasteiger partial charge in [-0.1, -0.05) is 39.0 Å². The Morgan fingerprint density at radius 1 is 1.28 bits per heavy atom. The molecule has 0 aliphatic rings. The number of aromatic nitrogens is 4. The van der Waals surface area contributed by atoms with Crippen LogP contribution in [-0.2, 0) is 16.8 Å². The number of carbonyl (C=O) groups excluding carboxylic acids is 1. The molecule has 0 saturated heterocycles. The van der Waals surface area contributed by atoms with Gasteiger partial charge in [-0.15, -0.1) is 0 Å². The van der Waals surface area contributed by atoms with Crippen molar-refractivity contribution in [3.8, 4) is 11.5 Å². The molecule has 4 N–H and O–H groups in total. The van der Waals surface area contributed by atoms with Crippen LogP contribution in [0, 0.1) is 5.82 Å². The van der Waals surface area contributed by atoms with Gasteiger partial charge in [0.1, 0.15) is 23.6 Å². The maximum atomic E-state index is 14.1. The maximum Gasteiger partial charge on any atom is 0.182 e. The summed E-state index contributed by atoms with van der Waals surface area (Å²) in [5.41, 5.74) is 14.3. The lowest BCUT2D eigenvalue weighted by Crippen LogP contribution is -2.16. The number of carbonyl (C=O) groups is 1. The normalized spacial score (nSPS) is 12.2. The quantitative estimate of drug-likeness (QED) is 0.508. The summed E-state index contributed by atoms with van der Waals surface area (Å²) >= 11 is 0. The van der Waals surface area contributed by atoms with Crippen LogP contribution < -0.4 is 11.5 Å². The molecule has 1 aromatic carbocycles. The fraction of sp³-hybridized carbons (Fsp3) is 0.238. The lowest BCUT2D eigenvalue weighted by Gasteiger charge is -2.19. The van der Waals surface area contributed by atoms with Gasteiger partial charge in [0.25, 0.3) is 0 Å². The summed E-state index contributed by atoms with van der Waals surface area (Å²) in [5.74, 6) is 0.329. The monoisotopic (exact) mass is 394 g/mol. The van der Waals surface area contributed by atoms with Crippen molar-refractivity contribution in [3.05, 3.63) is 65.2 Å². The lowest BCUT2D eigenvalue weighted by molar-refractivity contribution is -0.104. The number of rotatable bonds is 5. The van der Waals surface area contributed by atoms with Crippen LogP contribution in [0.5, 0.6) is 0 Å². The van der Waals surface area contributed by atoms with Gasteiger partial charge in [-0.2, -0.15) is 5.10 Å². The van der Waals surface area contributed by atoms with Gasteiger partial charge in [0.05, 0.1) is 17.9 Å². The van der Waals surface area contributed by atoms with Crippen molar-refractivity contribution in [2.45, 2.75) is 32.7 Å². The first-order chi connectivity index (χ1) is 13.7. The number of nitrogens with two attached hydrogens (primary N) is 2. The van der Waals surface area contributed by atoms with E-state index in [-0.39, 0.29) is 23.5 Å². The molecule has 2 aromatic heterocycles. The van der Waals surface area contributed by atoms with E-state index in [2.05, 4.69) is 15.1 Å². The predicted molar refractivity (Wildman–Crippen MR) is 110 cm³/mol. The predicted octanol–water partition coefficient (Wildman–Crippen LogP) is 2.91. The molecule has 0 bridgehead atoms. The molecule has 0 spiro atoms. The van der Waals surface area contributed by atoms with Crippen molar-refractivity contribution in [3.63, 3.8) is 0 Å². The average Bonchev–Trinajstić information content (AvgIpc) is 3.07.